The molecule has 3 aromatic carbocycles. The molecule has 0 bridgehead atoms. The summed E-state index contributed by atoms with van der Waals surface area (Å²) in [6.07, 6.45) is 0. The molecule has 0 saturated carbocycles. The zero-order valence-electron chi connectivity index (χ0n) is 11.9. The van der Waals surface area contributed by atoms with Gasteiger partial charge >= 0.3 is 0 Å². The molecule has 3 rings (SSSR count). The van der Waals surface area contributed by atoms with Crippen molar-refractivity contribution in [1.82, 2.24) is 0 Å². The van der Waals surface area contributed by atoms with Crippen molar-refractivity contribution in [2.24, 2.45) is 0 Å². The molecule has 115 valence electrons. The lowest BCUT2D eigenvalue weighted by molar-refractivity contribution is 0.355. The summed E-state index contributed by atoms with van der Waals surface area (Å²) in [6.45, 7) is 0. The van der Waals surface area contributed by atoms with Crippen LogP contribution in [0.3, 0.4) is 0 Å². The van der Waals surface area contributed by atoms with Crippen LogP contribution in [0, 0.1) is 0 Å². The average Bonchev–Trinajstić information content (AvgIpc) is 2.58. The maximum absolute atomic E-state index is 12.6. The van der Waals surface area contributed by atoms with Crippen molar-refractivity contribution < 1.29 is 13.5 Å². The summed E-state index contributed by atoms with van der Waals surface area (Å²) < 4.78 is 25.3. The third kappa shape index (κ3) is 2.96. The Balaban J connectivity index is 2.15. The molecule has 0 aliphatic heterocycles. The van der Waals surface area contributed by atoms with E-state index in [2.05, 4.69) is 0 Å². The predicted octanol–water partition coefficient (Wildman–Crippen LogP) is 4.98. The van der Waals surface area contributed by atoms with Crippen molar-refractivity contribution in [1.29, 1.82) is 0 Å². The van der Waals surface area contributed by atoms with Gasteiger partial charge < -0.3 is 0 Å². The Bertz CT molecular complexity index is 937. The quantitative estimate of drug-likeness (QED) is 0.673. The van der Waals surface area contributed by atoms with Crippen LogP contribution in [0.1, 0.15) is 0 Å². The summed E-state index contributed by atoms with van der Waals surface area (Å²) in [4.78, 5) is -0.0659. The Kier molecular flexibility index (Phi) is 4.11. The van der Waals surface area contributed by atoms with Crippen LogP contribution >= 0.6 is 11.6 Å². The zero-order chi connectivity index (χ0) is 16.4. The van der Waals surface area contributed by atoms with Crippen LogP contribution in [0.5, 0.6) is 5.75 Å². The molecule has 1 radical (unpaired) electrons. The van der Waals surface area contributed by atoms with Gasteiger partial charge in [-0.15, -0.1) is 0 Å². The molecule has 0 saturated heterocycles. The van der Waals surface area contributed by atoms with Gasteiger partial charge in [-0.2, -0.15) is 0 Å². The molecule has 0 spiro atoms. The molecule has 0 fully saturated rings. The largest absolute Gasteiger partial charge is 0.289 e. The summed E-state index contributed by atoms with van der Waals surface area (Å²) in [5.74, 6) is -0.380. The summed E-state index contributed by atoms with van der Waals surface area (Å²) >= 11 is 6.17. The summed E-state index contributed by atoms with van der Waals surface area (Å²) in [5, 5.41) is 12.4. The van der Waals surface area contributed by atoms with E-state index in [-0.39, 0.29) is 20.6 Å². The minimum absolute atomic E-state index is 0.0345. The van der Waals surface area contributed by atoms with Crippen molar-refractivity contribution in [3.05, 3.63) is 77.8 Å². The van der Waals surface area contributed by atoms with Crippen LogP contribution in [0.25, 0.3) is 11.1 Å². The minimum Gasteiger partial charge on any atom is -0.289 e. The topological polar surface area (TPSA) is 54.0 Å². The second-order valence-electron chi connectivity index (χ2n) is 4.96. The Hall–Kier alpha value is -2.30. The van der Waals surface area contributed by atoms with Crippen LogP contribution in [0.4, 0.5) is 0 Å². The van der Waals surface area contributed by atoms with Crippen LogP contribution < -0.4 is 0 Å². The van der Waals surface area contributed by atoms with Gasteiger partial charge in [0.2, 0.25) is 9.84 Å². The number of hydrogen-bond donors (Lipinski definition) is 0. The summed E-state index contributed by atoms with van der Waals surface area (Å²) in [6, 6.07) is 19.4. The van der Waals surface area contributed by atoms with Gasteiger partial charge in [-0.3, -0.25) is 5.11 Å². The lowest BCUT2D eigenvalue weighted by atomic mass is 10.1. The van der Waals surface area contributed by atoms with Gasteiger partial charge in [0.25, 0.3) is 0 Å². The van der Waals surface area contributed by atoms with Crippen LogP contribution in [-0.4, -0.2) is 8.42 Å². The Labute approximate surface area is 139 Å². The maximum Gasteiger partial charge on any atom is 0.208 e. The van der Waals surface area contributed by atoms with Gasteiger partial charge in [-0.25, -0.2) is 8.42 Å². The Morgan fingerprint density at radius 1 is 0.783 bits per heavy atom. The number of benzene rings is 3. The minimum atomic E-state index is -3.82. The third-order valence-corrected chi connectivity index (χ3v) is 5.70. The molecule has 0 amide bonds. The maximum atomic E-state index is 12.6. The molecule has 3 aromatic rings. The number of hydrogen-bond acceptors (Lipinski definition) is 2. The smallest absolute Gasteiger partial charge is 0.208 e. The van der Waals surface area contributed by atoms with E-state index in [1.165, 1.54) is 18.2 Å². The number of halogens is 1. The van der Waals surface area contributed by atoms with E-state index in [0.29, 0.717) is 11.1 Å². The fraction of sp³-hybridized carbons (Fsp3) is 0. The monoisotopic (exact) mass is 343 g/mol. The molecule has 0 unspecified atom stereocenters. The lowest BCUT2D eigenvalue weighted by Gasteiger charge is -2.10. The fourth-order valence-corrected chi connectivity index (χ4v) is 4.13. The molecular formula is C18H12ClO3S. The van der Waals surface area contributed by atoms with E-state index in [1.54, 1.807) is 42.5 Å². The van der Waals surface area contributed by atoms with Gasteiger partial charge in [0, 0.05) is 11.6 Å². The predicted molar refractivity (Wildman–Crippen MR) is 88.9 cm³/mol. The first-order chi connectivity index (χ1) is 11.0. The molecule has 5 heteroatoms. The third-order valence-electron chi connectivity index (χ3n) is 3.46. The van der Waals surface area contributed by atoms with E-state index in [4.69, 9.17) is 11.6 Å². The van der Waals surface area contributed by atoms with Crippen LogP contribution in [0.2, 0.25) is 5.02 Å². The van der Waals surface area contributed by atoms with Gasteiger partial charge in [0.1, 0.15) is 0 Å². The molecular weight excluding hydrogens is 332 g/mol. The van der Waals surface area contributed by atoms with E-state index < -0.39 is 9.84 Å². The SMILES string of the molecule is [O]c1cc(S(=O)(=O)c2ccccc2)c(Cl)cc1-c1ccccc1. The highest BCUT2D eigenvalue weighted by molar-refractivity contribution is 7.91. The molecule has 3 nitrogen and oxygen atoms in total. The first-order valence-electron chi connectivity index (χ1n) is 6.86. The van der Waals surface area contributed by atoms with E-state index >= 15 is 0 Å². The van der Waals surface area contributed by atoms with E-state index in [0.717, 1.165) is 6.07 Å². The normalized spacial score (nSPS) is 11.3. The van der Waals surface area contributed by atoms with Gasteiger partial charge in [0.05, 0.1) is 14.8 Å². The average molecular weight is 344 g/mol. The van der Waals surface area contributed by atoms with Crippen molar-refractivity contribution in [3.8, 4) is 16.9 Å². The summed E-state index contributed by atoms with van der Waals surface area (Å²) in [5.41, 5.74) is 1.07. The first kappa shape index (κ1) is 15.6. The second kappa shape index (κ2) is 6.07. The van der Waals surface area contributed by atoms with Gasteiger partial charge in [0.15, 0.2) is 5.75 Å². The molecule has 0 aliphatic carbocycles. The first-order valence-corrected chi connectivity index (χ1v) is 8.72. The van der Waals surface area contributed by atoms with Crippen LogP contribution in [0.15, 0.2) is 82.6 Å². The Morgan fingerprint density at radius 3 is 1.96 bits per heavy atom. The van der Waals surface area contributed by atoms with Crippen molar-refractivity contribution in [2.75, 3.05) is 0 Å². The summed E-state index contributed by atoms with van der Waals surface area (Å²) in [7, 11) is -3.82. The van der Waals surface area contributed by atoms with Crippen molar-refractivity contribution in [2.45, 2.75) is 9.79 Å². The molecule has 0 aliphatic rings. The molecule has 0 aromatic heterocycles. The van der Waals surface area contributed by atoms with Crippen LogP contribution in [-0.2, 0) is 14.9 Å². The molecule has 0 N–H and O–H groups in total. The molecule has 0 atom stereocenters. The highest BCUT2D eigenvalue weighted by Crippen LogP contribution is 2.38. The number of rotatable bonds is 3. The number of sulfone groups is 1. The standard InChI is InChI=1S/C18H12ClO3S/c19-16-11-15(13-7-3-1-4-8-13)17(20)12-18(16)23(21,22)14-9-5-2-6-10-14/h1-12H. The van der Waals surface area contributed by atoms with Gasteiger partial charge in [-0.1, -0.05) is 60.1 Å². The molecule has 0 heterocycles. The van der Waals surface area contributed by atoms with E-state index in [9.17, 15) is 13.5 Å². The van der Waals surface area contributed by atoms with E-state index in [1.807, 2.05) is 6.07 Å². The lowest BCUT2D eigenvalue weighted by Crippen LogP contribution is -2.02. The molecule has 23 heavy (non-hydrogen) atoms. The van der Waals surface area contributed by atoms with Gasteiger partial charge in [-0.05, 0) is 23.8 Å². The van der Waals surface area contributed by atoms with Crippen molar-refractivity contribution in [3.63, 3.8) is 0 Å². The Morgan fingerprint density at radius 2 is 1.35 bits per heavy atom. The highest BCUT2D eigenvalue weighted by Gasteiger charge is 2.23. The second-order valence-corrected chi connectivity index (χ2v) is 7.29. The zero-order valence-corrected chi connectivity index (χ0v) is 13.5. The highest BCUT2D eigenvalue weighted by atomic mass is 35.5. The van der Waals surface area contributed by atoms with Crippen molar-refractivity contribution >= 4 is 21.4 Å². The fourth-order valence-electron chi connectivity index (χ4n) is 2.31.